The van der Waals surface area contributed by atoms with Crippen molar-refractivity contribution in [3.63, 3.8) is 0 Å². The van der Waals surface area contributed by atoms with Crippen molar-refractivity contribution in [1.82, 2.24) is 4.98 Å². The van der Waals surface area contributed by atoms with Crippen LogP contribution in [-0.2, 0) is 0 Å². The van der Waals surface area contributed by atoms with Crippen LogP contribution in [0.3, 0.4) is 0 Å². The highest BCUT2D eigenvalue weighted by atomic mass is 16.4. The summed E-state index contributed by atoms with van der Waals surface area (Å²) in [5.74, 6) is 0. The summed E-state index contributed by atoms with van der Waals surface area (Å²) in [6, 6.07) is 47.3. The zero-order valence-corrected chi connectivity index (χ0v) is 20.5. The largest absolute Gasteiger partial charge is 0.423 e. The van der Waals surface area contributed by atoms with Gasteiger partial charge in [0.05, 0.1) is 11.4 Å². The third kappa shape index (κ3) is 3.19. The minimum absolute atomic E-state index is 0.548. The van der Waals surface area contributed by atoms with E-state index in [2.05, 4.69) is 108 Å². The number of aromatic nitrogens is 1. The van der Waals surface area contributed by atoms with Crippen LogP contribution in [0.4, 0.5) is 17.4 Å². The topological polar surface area (TPSA) is 29.3 Å². The molecule has 0 N–H and O–H groups in total. The molecule has 0 amide bonds. The van der Waals surface area contributed by atoms with E-state index in [0.717, 1.165) is 22.5 Å². The van der Waals surface area contributed by atoms with Crippen molar-refractivity contribution < 1.29 is 4.42 Å². The Balaban J connectivity index is 1.30. The molecule has 3 nitrogen and oxygen atoms in total. The molecule has 0 atom stereocenters. The minimum Gasteiger partial charge on any atom is -0.423 e. The van der Waals surface area contributed by atoms with E-state index >= 15 is 0 Å². The number of fused-ring (bicyclic) bond motifs is 4. The fourth-order valence-corrected chi connectivity index (χ4v) is 5.68. The number of oxazole rings is 1. The van der Waals surface area contributed by atoms with Gasteiger partial charge in [-0.3, -0.25) is 4.90 Å². The second-order valence-corrected chi connectivity index (χ2v) is 9.65. The summed E-state index contributed by atoms with van der Waals surface area (Å²) in [6.45, 7) is 0. The van der Waals surface area contributed by atoms with Gasteiger partial charge in [0.15, 0.2) is 5.58 Å². The van der Waals surface area contributed by atoms with Crippen LogP contribution < -0.4 is 4.90 Å². The van der Waals surface area contributed by atoms with Crippen molar-refractivity contribution in [2.45, 2.75) is 0 Å². The second kappa shape index (κ2) is 8.19. The lowest BCUT2D eigenvalue weighted by Gasteiger charge is -2.22. The number of hydrogen-bond donors (Lipinski definition) is 0. The maximum absolute atomic E-state index is 6.31. The molecular formula is C35H22N2O. The molecule has 38 heavy (non-hydrogen) atoms. The molecule has 1 heterocycles. The zero-order valence-electron chi connectivity index (χ0n) is 20.5. The third-order valence-electron chi connectivity index (χ3n) is 7.45. The molecule has 8 rings (SSSR count). The van der Waals surface area contributed by atoms with Gasteiger partial charge in [0.2, 0.25) is 0 Å². The molecule has 3 heteroatoms. The van der Waals surface area contributed by atoms with Gasteiger partial charge in [0.1, 0.15) is 5.52 Å². The Morgan fingerprint density at radius 2 is 1.18 bits per heavy atom. The fraction of sp³-hybridized carbons (Fsp3) is 0. The van der Waals surface area contributed by atoms with Crippen LogP contribution >= 0.6 is 0 Å². The first-order chi connectivity index (χ1) is 18.8. The Morgan fingerprint density at radius 3 is 1.97 bits per heavy atom. The number of benzene rings is 6. The molecule has 1 aromatic heterocycles. The van der Waals surface area contributed by atoms with E-state index < -0.39 is 0 Å². The molecule has 0 saturated carbocycles. The van der Waals surface area contributed by atoms with E-state index in [1.165, 1.54) is 44.2 Å². The molecule has 1 aliphatic carbocycles. The van der Waals surface area contributed by atoms with Crippen molar-refractivity contribution >= 4 is 39.3 Å². The first-order valence-corrected chi connectivity index (χ1v) is 12.8. The Labute approximate surface area is 220 Å². The Kier molecular flexibility index (Phi) is 4.52. The summed E-state index contributed by atoms with van der Waals surface area (Å²) >= 11 is 0. The molecule has 7 aromatic rings. The third-order valence-corrected chi connectivity index (χ3v) is 7.45. The normalized spacial score (nSPS) is 11.7. The first-order valence-electron chi connectivity index (χ1n) is 12.8. The van der Waals surface area contributed by atoms with Gasteiger partial charge in [0.25, 0.3) is 0 Å². The molecule has 0 spiro atoms. The molecule has 1 aliphatic rings. The monoisotopic (exact) mass is 486 g/mol. The molecule has 0 aliphatic heterocycles. The van der Waals surface area contributed by atoms with Crippen LogP contribution in [-0.4, -0.2) is 4.98 Å². The molecular weight excluding hydrogens is 464 g/mol. The quantitative estimate of drug-likeness (QED) is 0.248. The van der Waals surface area contributed by atoms with Gasteiger partial charge < -0.3 is 4.42 Å². The van der Waals surface area contributed by atoms with Crippen LogP contribution in [0.15, 0.2) is 138 Å². The average Bonchev–Trinajstić information content (AvgIpc) is 3.55. The van der Waals surface area contributed by atoms with Crippen LogP contribution in [0.1, 0.15) is 0 Å². The Hall–Kier alpha value is -5.15. The van der Waals surface area contributed by atoms with E-state index in [1.54, 1.807) is 0 Å². The highest BCUT2D eigenvalue weighted by molar-refractivity contribution is 6.15. The number of para-hydroxylation sites is 2. The first kappa shape index (κ1) is 21.0. The summed E-state index contributed by atoms with van der Waals surface area (Å²) in [7, 11) is 0. The van der Waals surface area contributed by atoms with E-state index in [9.17, 15) is 0 Å². The molecule has 0 radical (unpaired) electrons. The van der Waals surface area contributed by atoms with Gasteiger partial charge in [-0.1, -0.05) is 97.1 Å². The highest BCUT2D eigenvalue weighted by Crippen LogP contribution is 2.49. The second-order valence-electron chi connectivity index (χ2n) is 9.65. The van der Waals surface area contributed by atoms with Crippen molar-refractivity contribution in [1.29, 1.82) is 0 Å². The lowest BCUT2D eigenvalue weighted by atomic mass is 10.0. The van der Waals surface area contributed by atoms with Crippen LogP contribution in [0, 0.1) is 0 Å². The standard InChI is InChI=1S/C35H22N2O/c1-2-8-23(9-3-1)24-16-18-26(19-17-24)37(35-36-32-14-4-5-15-33(32)38-35)27-20-21-28-29-12-6-10-25-11-7-13-30(34(25)29)31(28)22-27/h1-22H. The van der Waals surface area contributed by atoms with E-state index in [0.29, 0.717) is 6.01 Å². The zero-order chi connectivity index (χ0) is 25.1. The maximum Gasteiger partial charge on any atom is 0.307 e. The molecule has 0 saturated heterocycles. The Morgan fingerprint density at radius 1 is 0.500 bits per heavy atom. The Bertz CT molecular complexity index is 1930. The van der Waals surface area contributed by atoms with Gasteiger partial charge in [-0.05, 0) is 80.6 Å². The van der Waals surface area contributed by atoms with Gasteiger partial charge in [-0.25, -0.2) is 0 Å². The highest BCUT2D eigenvalue weighted by Gasteiger charge is 2.24. The lowest BCUT2D eigenvalue weighted by Crippen LogP contribution is -2.10. The van der Waals surface area contributed by atoms with E-state index in [4.69, 9.17) is 9.40 Å². The van der Waals surface area contributed by atoms with Crippen molar-refractivity contribution in [2.24, 2.45) is 0 Å². The molecule has 0 unspecified atom stereocenters. The summed E-state index contributed by atoms with van der Waals surface area (Å²) in [6.07, 6.45) is 0. The number of nitrogens with zero attached hydrogens (tertiary/aromatic N) is 2. The number of hydrogen-bond acceptors (Lipinski definition) is 3. The van der Waals surface area contributed by atoms with E-state index in [1.807, 2.05) is 30.3 Å². The van der Waals surface area contributed by atoms with E-state index in [-0.39, 0.29) is 0 Å². The van der Waals surface area contributed by atoms with Gasteiger partial charge in [-0.2, -0.15) is 4.98 Å². The maximum atomic E-state index is 6.31. The van der Waals surface area contributed by atoms with Crippen molar-refractivity contribution in [3.8, 4) is 33.4 Å². The predicted octanol–water partition coefficient (Wildman–Crippen LogP) is 9.77. The molecule has 6 aromatic carbocycles. The lowest BCUT2D eigenvalue weighted by molar-refractivity contribution is 0.608. The van der Waals surface area contributed by atoms with Crippen LogP contribution in [0.25, 0.3) is 55.3 Å². The summed E-state index contributed by atoms with van der Waals surface area (Å²) in [5, 5.41) is 2.59. The number of rotatable bonds is 4. The fourth-order valence-electron chi connectivity index (χ4n) is 5.68. The predicted molar refractivity (Wildman–Crippen MR) is 156 cm³/mol. The minimum atomic E-state index is 0.548. The van der Waals surface area contributed by atoms with Gasteiger partial charge >= 0.3 is 6.01 Å². The summed E-state index contributed by atoms with van der Waals surface area (Å²) < 4.78 is 6.31. The summed E-state index contributed by atoms with van der Waals surface area (Å²) in [4.78, 5) is 6.99. The number of anilines is 3. The van der Waals surface area contributed by atoms with Crippen LogP contribution in [0.5, 0.6) is 0 Å². The smallest absolute Gasteiger partial charge is 0.307 e. The van der Waals surface area contributed by atoms with Crippen molar-refractivity contribution in [3.05, 3.63) is 133 Å². The van der Waals surface area contributed by atoms with Gasteiger partial charge in [-0.15, -0.1) is 0 Å². The average molecular weight is 487 g/mol. The molecule has 0 fully saturated rings. The summed E-state index contributed by atoms with van der Waals surface area (Å²) in [5.41, 5.74) is 11.0. The van der Waals surface area contributed by atoms with Crippen molar-refractivity contribution in [2.75, 3.05) is 4.90 Å². The van der Waals surface area contributed by atoms with Crippen LogP contribution in [0.2, 0.25) is 0 Å². The van der Waals surface area contributed by atoms with Gasteiger partial charge in [0, 0.05) is 0 Å². The SMILES string of the molecule is c1ccc(-c2ccc(N(c3ccc4c(c3)-c3cccc5cccc-4c35)c3nc4ccccc4o3)cc2)cc1. The molecule has 178 valence electrons. The molecule has 0 bridgehead atoms.